The van der Waals surface area contributed by atoms with Gasteiger partial charge in [-0.15, -0.1) is 0 Å². The molecular formula is C12H9BrO3. The van der Waals surface area contributed by atoms with Gasteiger partial charge in [-0.25, -0.2) is 0 Å². The number of halogens is 1. The molecule has 0 atom stereocenters. The van der Waals surface area contributed by atoms with Crippen molar-refractivity contribution in [2.45, 2.75) is 0 Å². The van der Waals surface area contributed by atoms with Gasteiger partial charge in [0.05, 0.1) is 23.4 Å². The number of para-hydroxylation sites is 1. The van der Waals surface area contributed by atoms with Crippen LogP contribution in [0.4, 0.5) is 0 Å². The van der Waals surface area contributed by atoms with Crippen molar-refractivity contribution in [3.8, 4) is 5.75 Å². The first-order chi connectivity index (χ1) is 7.74. The van der Waals surface area contributed by atoms with Crippen LogP contribution in [-0.2, 0) is 0 Å². The van der Waals surface area contributed by atoms with E-state index >= 15 is 0 Å². The maximum absolute atomic E-state index is 12.1. The molecule has 0 radical (unpaired) electrons. The lowest BCUT2D eigenvalue weighted by atomic mass is 10.1. The second-order valence-electron chi connectivity index (χ2n) is 3.13. The highest BCUT2D eigenvalue weighted by atomic mass is 79.9. The van der Waals surface area contributed by atoms with Gasteiger partial charge in [0.2, 0.25) is 5.78 Å². The molecule has 0 N–H and O–H groups in total. The molecule has 82 valence electrons. The smallest absolute Gasteiger partial charge is 0.233 e. The van der Waals surface area contributed by atoms with Crippen molar-refractivity contribution < 1.29 is 13.9 Å². The summed E-state index contributed by atoms with van der Waals surface area (Å²) in [5.74, 6) is 0.620. The largest absolute Gasteiger partial charge is 0.496 e. The van der Waals surface area contributed by atoms with Gasteiger partial charge < -0.3 is 9.15 Å². The molecule has 1 aromatic carbocycles. The van der Waals surface area contributed by atoms with Crippen molar-refractivity contribution in [3.63, 3.8) is 0 Å². The zero-order valence-electron chi connectivity index (χ0n) is 8.57. The quantitative estimate of drug-likeness (QED) is 0.810. The van der Waals surface area contributed by atoms with Crippen LogP contribution in [0.25, 0.3) is 0 Å². The molecule has 0 amide bonds. The Bertz CT molecular complexity index is 516. The van der Waals surface area contributed by atoms with Crippen molar-refractivity contribution in [1.29, 1.82) is 0 Å². The Morgan fingerprint density at radius 2 is 2.06 bits per heavy atom. The molecule has 1 heterocycles. The molecule has 0 bridgehead atoms. The predicted molar refractivity (Wildman–Crippen MR) is 62.8 cm³/mol. The maximum atomic E-state index is 12.1. The SMILES string of the molecule is COc1ccccc1C(=O)c1occc1Br. The van der Waals surface area contributed by atoms with Crippen molar-refractivity contribution >= 4 is 21.7 Å². The Balaban J connectivity index is 2.46. The number of carbonyl (C=O) groups is 1. The van der Waals surface area contributed by atoms with Crippen LogP contribution in [0.1, 0.15) is 16.1 Å². The molecule has 16 heavy (non-hydrogen) atoms. The first-order valence-corrected chi connectivity index (χ1v) is 5.44. The standard InChI is InChI=1S/C12H9BrO3/c1-15-10-5-3-2-4-8(10)11(14)12-9(13)6-7-16-12/h2-7H,1H3. The molecule has 0 aliphatic carbocycles. The topological polar surface area (TPSA) is 39.4 Å². The Kier molecular flexibility index (Phi) is 3.10. The normalized spacial score (nSPS) is 10.1. The highest BCUT2D eigenvalue weighted by Crippen LogP contribution is 2.25. The Hall–Kier alpha value is -1.55. The van der Waals surface area contributed by atoms with Crippen molar-refractivity contribution in [2.24, 2.45) is 0 Å². The van der Waals surface area contributed by atoms with E-state index in [0.29, 0.717) is 15.8 Å². The molecular weight excluding hydrogens is 272 g/mol. The fourth-order valence-corrected chi connectivity index (χ4v) is 1.79. The third-order valence-electron chi connectivity index (χ3n) is 2.18. The summed E-state index contributed by atoms with van der Waals surface area (Å²) >= 11 is 3.26. The molecule has 0 saturated carbocycles. The lowest BCUT2D eigenvalue weighted by Crippen LogP contribution is -2.03. The van der Waals surface area contributed by atoms with E-state index in [9.17, 15) is 4.79 Å². The van der Waals surface area contributed by atoms with Gasteiger partial charge in [-0.1, -0.05) is 12.1 Å². The van der Waals surface area contributed by atoms with E-state index in [2.05, 4.69) is 15.9 Å². The van der Waals surface area contributed by atoms with E-state index in [4.69, 9.17) is 9.15 Å². The van der Waals surface area contributed by atoms with Crippen LogP contribution in [0.5, 0.6) is 5.75 Å². The first-order valence-electron chi connectivity index (χ1n) is 4.64. The fraction of sp³-hybridized carbons (Fsp3) is 0.0833. The summed E-state index contributed by atoms with van der Waals surface area (Å²) in [6.45, 7) is 0. The minimum absolute atomic E-state index is 0.200. The number of hydrogen-bond acceptors (Lipinski definition) is 3. The summed E-state index contributed by atoms with van der Waals surface area (Å²) in [6, 6.07) is 8.72. The highest BCUT2D eigenvalue weighted by molar-refractivity contribution is 9.10. The second-order valence-corrected chi connectivity index (χ2v) is 3.98. The second kappa shape index (κ2) is 4.53. The number of rotatable bonds is 3. The minimum Gasteiger partial charge on any atom is -0.496 e. The van der Waals surface area contributed by atoms with Gasteiger partial charge in [-0.2, -0.15) is 0 Å². The van der Waals surface area contributed by atoms with Crippen LogP contribution in [0, 0.1) is 0 Å². The van der Waals surface area contributed by atoms with Crippen LogP contribution in [-0.4, -0.2) is 12.9 Å². The molecule has 0 spiro atoms. The number of furan rings is 1. The van der Waals surface area contributed by atoms with Gasteiger partial charge in [0.15, 0.2) is 5.76 Å². The Morgan fingerprint density at radius 3 is 2.69 bits per heavy atom. The third-order valence-corrected chi connectivity index (χ3v) is 2.80. The van der Waals surface area contributed by atoms with E-state index in [-0.39, 0.29) is 11.5 Å². The molecule has 0 aliphatic heterocycles. The van der Waals surface area contributed by atoms with E-state index in [1.165, 1.54) is 13.4 Å². The summed E-state index contributed by atoms with van der Waals surface area (Å²) in [4.78, 5) is 12.1. The summed E-state index contributed by atoms with van der Waals surface area (Å²) in [6.07, 6.45) is 1.47. The van der Waals surface area contributed by atoms with E-state index < -0.39 is 0 Å². The molecule has 1 aromatic heterocycles. The average molecular weight is 281 g/mol. The van der Waals surface area contributed by atoms with Crippen LogP contribution >= 0.6 is 15.9 Å². The van der Waals surface area contributed by atoms with Crippen LogP contribution in [0.2, 0.25) is 0 Å². The summed E-state index contributed by atoms with van der Waals surface area (Å²) < 4.78 is 10.9. The van der Waals surface area contributed by atoms with Crippen LogP contribution in [0.15, 0.2) is 45.5 Å². The van der Waals surface area contributed by atoms with Gasteiger partial charge in [0, 0.05) is 0 Å². The fourth-order valence-electron chi connectivity index (χ4n) is 1.41. The van der Waals surface area contributed by atoms with Gasteiger partial charge in [-0.3, -0.25) is 4.79 Å². The number of ketones is 1. The Morgan fingerprint density at radius 1 is 1.31 bits per heavy atom. The van der Waals surface area contributed by atoms with E-state index in [1.807, 2.05) is 6.07 Å². The number of hydrogen-bond donors (Lipinski definition) is 0. The predicted octanol–water partition coefficient (Wildman–Crippen LogP) is 3.28. The average Bonchev–Trinajstić information content (AvgIpc) is 2.74. The van der Waals surface area contributed by atoms with Crippen molar-refractivity contribution in [3.05, 3.63) is 52.4 Å². The number of carbonyl (C=O) groups excluding carboxylic acids is 1. The zero-order valence-corrected chi connectivity index (χ0v) is 10.2. The maximum Gasteiger partial charge on any atom is 0.233 e. The third kappa shape index (κ3) is 1.88. The molecule has 2 aromatic rings. The van der Waals surface area contributed by atoms with Crippen molar-refractivity contribution in [1.82, 2.24) is 0 Å². The highest BCUT2D eigenvalue weighted by Gasteiger charge is 2.19. The monoisotopic (exact) mass is 280 g/mol. The van der Waals surface area contributed by atoms with Gasteiger partial charge >= 0.3 is 0 Å². The van der Waals surface area contributed by atoms with Gasteiger partial charge in [-0.05, 0) is 34.1 Å². The zero-order chi connectivity index (χ0) is 11.5. The summed E-state index contributed by atoms with van der Waals surface area (Å²) in [5, 5.41) is 0. The molecule has 0 aliphatic rings. The van der Waals surface area contributed by atoms with E-state index in [1.54, 1.807) is 24.3 Å². The van der Waals surface area contributed by atoms with Gasteiger partial charge in [0.25, 0.3) is 0 Å². The molecule has 0 fully saturated rings. The summed E-state index contributed by atoms with van der Waals surface area (Å²) in [7, 11) is 1.53. The number of ether oxygens (including phenoxy) is 1. The molecule has 4 heteroatoms. The molecule has 0 saturated heterocycles. The van der Waals surface area contributed by atoms with Crippen molar-refractivity contribution in [2.75, 3.05) is 7.11 Å². The molecule has 2 rings (SSSR count). The molecule has 0 unspecified atom stereocenters. The summed E-state index contributed by atoms with van der Waals surface area (Å²) in [5.41, 5.74) is 0.487. The molecule has 3 nitrogen and oxygen atoms in total. The Labute approximate surface area is 101 Å². The van der Waals surface area contributed by atoms with Crippen LogP contribution in [0.3, 0.4) is 0 Å². The minimum atomic E-state index is -0.200. The lowest BCUT2D eigenvalue weighted by Gasteiger charge is -2.05. The van der Waals surface area contributed by atoms with Crippen LogP contribution < -0.4 is 4.74 Å². The van der Waals surface area contributed by atoms with E-state index in [0.717, 1.165) is 0 Å². The number of benzene rings is 1. The first kappa shape index (κ1) is 11.0. The lowest BCUT2D eigenvalue weighted by molar-refractivity contribution is 0.100. The van der Waals surface area contributed by atoms with Gasteiger partial charge in [0.1, 0.15) is 5.75 Å². The number of methoxy groups -OCH3 is 1.